The maximum atomic E-state index is 8.83. The molecule has 1 heterocycles. The highest BCUT2D eigenvalue weighted by Crippen LogP contribution is 2.18. The highest BCUT2D eigenvalue weighted by Gasteiger charge is 2.08. The van der Waals surface area contributed by atoms with E-state index in [0.29, 0.717) is 6.04 Å². The zero-order valence-corrected chi connectivity index (χ0v) is 8.10. The van der Waals surface area contributed by atoms with Crippen LogP contribution in [0.4, 0.5) is 0 Å². The smallest absolute Gasteiger partial charge is 0.0449 e. The minimum atomic E-state index is 0.244. The molecule has 68 valence electrons. The molecule has 0 fully saturated rings. The van der Waals surface area contributed by atoms with Gasteiger partial charge >= 0.3 is 0 Å². The molecule has 1 aromatic rings. The number of hydrogen-bond acceptors (Lipinski definition) is 3. The van der Waals surface area contributed by atoms with E-state index in [0.717, 1.165) is 13.0 Å². The van der Waals surface area contributed by atoms with Gasteiger partial charge in [0, 0.05) is 12.6 Å². The van der Waals surface area contributed by atoms with Crippen molar-refractivity contribution in [3.8, 4) is 0 Å². The number of aliphatic hydroxyl groups excluding tert-OH is 1. The lowest BCUT2D eigenvalue weighted by Crippen LogP contribution is -2.21. The Balaban J connectivity index is 2.53. The van der Waals surface area contributed by atoms with Crippen molar-refractivity contribution >= 4 is 11.3 Å². The van der Waals surface area contributed by atoms with Crippen LogP contribution in [-0.2, 0) is 0 Å². The number of rotatable bonds is 5. The van der Waals surface area contributed by atoms with E-state index >= 15 is 0 Å². The molecule has 2 nitrogen and oxygen atoms in total. The van der Waals surface area contributed by atoms with E-state index in [9.17, 15) is 0 Å². The van der Waals surface area contributed by atoms with Crippen LogP contribution in [0.25, 0.3) is 0 Å². The Morgan fingerprint density at radius 3 is 3.00 bits per heavy atom. The third-order valence-electron chi connectivity index (χ3n) is 1.81. The molecule has 0 saturated carbocycles. The summed E-state index contributed by atoms with van der Waals surface area (Å²) < 4.78 is 0. The lowest BCUT2D eigenvalue weighted by Gasteiger charge is -2.14. The second-order valence-corrected chi connectivity index (χ2v) is 3.46. The van der Waals surface area contributed by atoms with Gasteiger partial charge in [-0.1, -0.05) is 6.92 Å². The van der Waals surface area contributed by atoms with E-state index in [1.165, 1.54) is 5.56 Å². The summed E-state index contributed by atoms with van der Waals surface area (Å²) in [6, 6.07) is 2.43. The van der Waals surface area contributed by atoms with Crippen LogP contribution < -0.4 is 5.32 Å². The van der Waals surface area contributed by atoms with Gasteiger partial charge < -0.3 is 10.4 Å². The van der Waals surface area contributed by atoms with Crippen molar-refractivity contribution in [1.29, 1.82) is 0 Å². The molecule has 3 heteroatoms. The summed E-state index contributed by atoms with van der Waals surface area (Å²) in [5, 5.41) is 16.4. The highest BCUT2D eigenvalue weighted by molar-refractivity contribution is 7.07. The molecule has 0 aliphatic carbocycles. The summed E-state index contributed by atoms with van der Waals surface area (Å²) in [5.41, 5.74) is 1.29. The van der Waals surface area contributed by atoms with Crippen molar-refractivity contribution in [3.05, 3.63) is 22.4 Å². The predicted octanol–water partition coefficient (Wildman–Crippen LogP) is 1.78. The van der Waals surface area contributed by atoms with Gasteiger partial charge in [0.15, 0.2) is 0 Å². The van der Waals surface area contributed by atoms with Crippen LogP contribution in [0.5, 0.6) is 0 Å². The third-order valence-corrected chi connectivity index (χ3v) is 2.52. The number of hydrogen-bond donors (Lipinski definition) is 2. The number of thiophene rings is 1. The van der Waals surface area contributed by atoms with Gasteiger partial charge in [0.05, 0.1) is 0 Å². The predicted molar refractivity (Wildman–Crippen MR) is 52.4 cm³/mol. The summed E-state index contributed by atoms with van der Waals surface area (Å²) in [6.07, 6.45) is 0.796. The molecule has 1 unspecified atom stereocenters. The fraction of sp³-hybridized carbons (Fsp3) is 0.556. The van der Waals surface area contributed by atoms with Gasteiger partial charge in [-0.2, -0.15) is 11.3 Å². The fourth-order valence-electron chi connectivity index (χ4n) is 1.24. The second kappa shape index (κ2) is 5.30. The average molecular weight is 185 g/mol. The van der Waals surface area contributed by atoms with E-state index in [-0.39, 0.29) is 6.61 Å². The Hall–Kier alpha value is -0.380. The van der Waals surface area contributed by atoms with Crippen molar-refractivity contribution in [2.75, 3.05) is 13.2 Å². The molecule has 12 heavy (non-hydrogen) atoms. The van der Waals surface area contributed by atoms with Crippen molar-refractivity contribution < 1.29 is 5.11 Å². The van der Waals surface area contributed by atoms with Crippen molar-refractivity contribution in [2.45, 2.75) is 19.4 Å². The summed E-state index contributed by atoms with van der Waals surface area (Å²) in [7, 11) is 0. The number of nitrogens with one attached hydrogen (secondary N) is 1. The second-order valence-electron chi connectivity index (χ2n) is 2.68. The summed E-state index contributed by atoms with van der Waals surface area (Å²) in [4.78, 5) is 0. The topological polar surface area (TPSA) is 32.3 Å². The van der Waals surface area contributed by atoms with Crippen LogP contribution >= 0.6 is 11.3 Å². The largest absolute Gasteiger partial charge is 0.396 e. The Morgan fingerprint density at radius 1 is 1.67 bits per heavy atom. The first-order valence-electron chi connectivity index (χ1n) is 4.24. The van der Waals surface area contributed by atoms with Crippen molar-refractivity contribution in [3.63, 3.8) is 0 Å². The molecule has 1 atom stereocenters. The van der Waals surface area contributed by atoms with Crippen LogP contribution in [0, 0.1) is 0 Å². The monoisotopic (exact) mass is 185 g/mol. The molecule has 2 N–H and O–H groups in total. The third kappa shape index (κ3) is 2.59. The van der Waals surface area contributed by atoms with E-state index in [1.807, 2.05) is 0 Å². The van der Waals surface area contributed by atoms with E-state index < -0.39 is 0 Å². The van der Waals surface area contributed by atoms with E-state index in [4.69, 9.17) is 5.11 Å². The van der Waals surface area contributed by atoms with Crippen LogP contribution in [0.15, 0.2) is 16.8 Å². The molecular formula is C9H15NOS. The average Bonchev–Trinajstić information content (AvgIpc) is 2.56. The highest BCUT2D eigenvalue weighted by atomic mass is 32.1. The van der Waals surface area contributed by atoms with Crippen molar-refractivity contribution in [1.82, 2.24) is 5.32 Å². The zero-order valence-electron chi connectivity index (χ0n) is 7.29. The maximum absolute atomic E-state index is 8.83. The molecule has 0 aliphatic rings. The molecular weight excluding hydrogens is 170 g/mol. The lowest BCUT2D eigenvalue weighted by atomic mass is 10.1. The van der Waals surface area contributed by atoms with Gasteiger partial charge in [-0.15, -0.1) is 0 Å². The van der Waals surface area contributed by atoms with Crippen molar-refractivity contribution in [2.24, 2.45) is 0 Å². The van der Waals surface area contributed by atoms with Gasteiger partial charge in [0.1, 0.15) is 0 Å². The van der Waals surface area contributed by atoms with Gasteiger partial charge in [0.2, 0.25) is 0 Å². The minimum Gasteiger partial charge on any atom is -0.396 e. The fourth-order valence-corrected chi connectivity index (χ4v) is 1.95. The van der Waals surface area contributed by atoms with E-state index in [1.54, 1.807) is 11.3 Å². The maximum Gasteiger partial charge on any atom is 0.0449 e. The minimum absolute atomic E-state index is 0.244. The molecule has 0 saturated heterocycles. The summed E-state index contributed by atoms with van der Waals surface area (Å²) in [6.45, 7) is 3.27. The Labute approximate surface area is 77.2 Å². The van der Waals surface area contributed by atoms with Crippen LogP contribution in [0.2, 0.25) is 0 Å². The van der Waals surface area contributed by atoms with Crippen LogP contribution in [0.3, 0.4) is 0 Å². The van der Waals surface area contributed by atoms with Gasteiger partial charge in [-0.3, -0.25) is 0 Å². The molecule has 0 radical (unpaired) electrons. The van der Waals surface area contributed by atoms with Gasteiger partial charge in [0.25, 0.3) is 0 Å². The Bertz CT molecular complexity index is 192. The first-order chi connectivity index (χ1) is 5.88. The molecule has 1 rings (SSSR count). The SMILES string of the molecule is CCNC(CCO)c1ccsc1. The lowest BCUT2D eigenvalue weighted by molar-refractivity contribution is 0.266. The first kappa shape index (κ1) is 9.71. The molecule has 0 aromatic carbocycles. The Kier molecular flexibility index (Phi) is 4.29. The molecule has 1 aromatic heterocycles. The quantitative estimate of drug-likeness (QED) is 0.733. The van der Waals surface area contributed by atoms with Crippen LogP contribution in [0.1, 0.15) is 24.9 Å². The van der Waals surface area contributed by atoms with E-state index in [2.05, 4.69) is 29.1 Å². The van der Waals surface area contributed by atoms with Gasteiger partial charge in [-0.05, 0) is 35.4 Å². The standard InChI is InChI=1S/C9H15NOS/c1-2-10-9(3-5-11)8-4-6-12-7-8/h4,6-7,9-11H,2-3,5H2,1H3. The number of aliphatic hydroxyl groups is 1. The van der Waals surface area contributed by atoms with Crippen LogP contribution in [-0.4, -0.2) is 18.3 Å². The molecule has 0 bridgehead atoms. The zero-order chi connectivity index (χ0) is 8.81. The first-order valence-corrected chi connectivity index (χ1v) is 5.19. The normalized spacial score (nSPS) is 13.2. The molecule has 0 amide bonds. The Morgan fingerprint density at radius 2 is 2.50 bits per heavy atom. The molecule has 0 spiro atoms. The summed E-state index contributed by atoms with van der Waals surface area (Å²) in [5.74, 6) is 0. The summed E-state index contributed by atoms with van der Waals surface area (Å²) >= 11 is 1.70. The van der Waals surface area contributed by atoms with Gasteiger partial charge in [-0.25, -0.2) is 0 Å². The molecule has 0 aliphatic heterocycles.